The zero-order valence-electron chi connectivity index (χ0n) is 6.20. The van der Waals surface area contributed by atoms with Crippen LogP contribution in [0.15, 0.2) is 27.6 Å². The smallest absolute Gasteiger partial charge is 0.183 e. The maximum atomic E-state index is 5.19. The molecule has 0 saturated carbocycles. The molecule has 0 aromatic rings. The van der Waals surface area contributed by atoms with Crippen molar-refractivity contribution in [3.8, 4) is 0 Å². The molecule has 0 fully saturated rings. The van der Waals surface area contributed by atoms with Crippen LogP contribution in [0.2, 0.25) is 0 Å². The normalized spacial score (nSPS) is 12.4. The van der Waals surface area contributed by atoms with Crippen LogP contribution >= 0.6 is 0 Å². The monoisotopic (exact) mass is 156 g/mol. The van der Waals surface area contributed by atoms with Gasteiger partial charge in [0, 0.05) is 6.54 Å². The molecule has 0 amide bonds. The second-order valence-corrected chi connectivity index (χ2v) is 1.72. The Kier molecular flexibility index (Phi) is 4.87. The molecule has 6 N–H and O–H groups in total. The van der Waals surface area contributed by atoms with E-state index < -0.39 is 0 Å². The molecule has 0 radical (unpaired) electrons. The molecule has 0 saturated heterocycles. The highest BCUT2D eigenvalue weighted by Crippen LogP contribution is 1.89. The lowest BCUT2D eigenvalue weighted by Gasteiger charge is -1.92. The molecular weight excluding hydrogens is 144 g/mol. The maximum absolute atomic E-state index is 5.19. The fraction of sp³-hybridized carbons (Fsp3) is 0.400. The second kappa shape index (κ2) is 5.51. The molecule has 6 heteroatoms. The minimum atomic E-state index is 0.151. The van der Waals surface area contributed by atoms with Crippen molar-refractivity contribution in [1.29, 1.82) is 0 Å². The summed E-state index contributed by atoms with van der Waals surface area (Å²) in [6.45, 7) is 3.90. The van der Waals surface area contributed by atoms with Gasteiger partial charge in [-0.05, 0) is 0 Å². The van der Waals surface area contributed by atoms with E-state index in [9.17, 15) is 0 Å². The molecule has 0 atom stereocenters. The molecule has 0 aliphatic rings. The lowest BCUT2D eigenvalue weighted by atomic mass is 10.5. The Bertz CT molecular complexity index is 181. The molecule has 0 rings (SSSR count). The molecule has 6 nitrogen and oxygen atoms in total. The number of nitrogens with two attached hydrogens (primary N) is 3. The van der Waals surface area contributed by atoms with Crippen LogP contribution in [-0.2, 0) is 0 Å². The van der Waals surface area contributed by atoms with Crippen molar-refractivity contribution >= 4 is 5.84 Å². The molecule has 0 aliphatic heterocycles. The van der Waals surface area contributed by atoms with E-state index in [0.29, 0.717) is 5.70 Å². The number of hydrazone groups is 1. The summed E-state index contributed by atoms with van der Waals surface area (Å²) in [6, 6.07) is 0. The van der Waals surface area contributed by atoms with Crippen LogP contribution in [0.4, 0.5) is 0 Å². The summed E-state index contributed by atoms with van der Waals surface area (Å²) in [4.78, 5) is 0. The number of azo groups is 1. The van der Waals surface area contributed by atoms with Gasteiger partial charge >= 0.3 is 0 Å². The first-order valence-corrected chi connectivity index (χ1v) is 3.01. The van der Waals surface area contributed by atoms with Crippen LogP contribution < -0.4 is 17.3 Å². The summed E-state index contributed by atoms with van der Waals surface area (Å²) in [6.07, 6.45) is 0. The SMILES string of the molecule is C=C(CN)N=N/C(CN)=N\N. The first kappa shape index (κ1) is 9.73. The zero-order chi connectivity index (χ0) is 8.69. The predicted molar refractivity (Wildman–Crippen MR) is 43.7 cm³/mol. The van der Waals surface area contributed by atoms with E-state index >= 15 is 0 Å². The van der Waals surface area contributed by atoms with Gasteiger partial charge in [0.1, 0.15) is 0 Å². The van der Waals surface area contributed by atoms with Crippen molar-refractivity contribution in [2.24, 2.45) is 32.6 Å². The summed E-state index contributed by atoms with van der Waals surface area (Å²) < 4.78 is 0. The standard InChI is InChI=1S/C5H12N6/c1-4(2-6)10-11-5(3-7)9-8/h1-3,6-8H2/b9-5-,11-10?. The Labute approximate surface area is 64.8 Å². The Morgan fingerprint density at radius 2 is 1.82 bits per heavy atom. The van der Waals surface area contributed by atoms with E-state index in [2.05, 4.69) is 21.9 Å². The van der Waals surface area contributed by atoms with Gasteiger partial charge < -0.3 is 17.3 Å². The molecule has 0 heterocycles. The summed E-state index contributed by atoms with van der Waals surface area (Å²) in [7, 11) is 0. The zero-order valence-corrected chi connectivity index (χ0v) is 6.20. The van der Waals surface area contributed by atoms with E-state index in [1.807, 2.05) is 0 Å². The molecule has 11 heavy (non-hydrogen) atoms. The van der Waals surface area contributed by atoms with Crippen molar-refractivity contribution in [2.75, 3.05) is 13.1 Å². The van der Waals surface area contributed by atoms with Gasteiger partial charge in [0.25, 0.3) is 0 Å². The van der Waals surface area contributed by atoms with E-state index in [0.717, 1.165) is 0 Å². The fourth-order valence-electron chi connectivity index (χ4n) is 0.289. The van der Waals surface area contributed by atoms with Crippen molar-refractivity contribution in [2.45, 2.75) is 0 Å². The van der Waals surface area contributed by atoms with Crippen LogP contribution in [0.5, 0.6) is 0 Å². The van der Waals surface area contributed by atoms with Crippen LogP contribution in [0.1, 0.15) is 0 Å². The van der Waals surface area contributed by atoms with E-state index in [-0.39, 0.29) is 18.9 Å². The first-order chi connectivity index (χ1) is 5.24. The van der Waals surface area contributed by atoms with Gasteiger partial charge in [-0.3, -0.25) is 0 Å². The molecule has 0 aromatic heterocycles. The van der Waals surface area contributed by atoms with Gasteiger partial charge in [-0.25, -0.2) is 0 Å². The van der Waals surface area contributed by atoms with Gasteiger partial charge in [-0.15, -0.1) is 5.11 Å². The number of hydrogen-bond donors (Lipinski definition) is 3. The first-order valence-electron chi connectivity index (χ1n) is 3.01. The molecule has 62 valence electrons. The van der Waals surface area contributed by atoms with Crippen molar-refractivity contribution in [3.63, 3.8) is 0 Å². The number of nitrogens with zero attached hydrogens (tertiary/aromatic N) is 3. The minimum Gasteiger partial charge on any atom is -0.325 e. The lowest BCUT2D eigenvalue weighted by Crippen LogP contribution is -2.13. The third kappa shape index (κ3) is 4.18. The number of rotatable bonds is 3. The molecule has 0 spiro atoms. The average molecular weight is 156 g/mol. The average Bonchev–Trinajstić information content (AvgIpc) is 2.06. The molecular formula is C5H12N6. The van der Waals surface area contributed by atoms with Gasteiger partial charge in [-0.2, -0.15) is 10.2 Å². The van der Waals surface area contributed by atoms with Gasteiger partial charge in [-0.1, -0.05) is 6.58 Å². The van der Waals surface area contributed by atoms with E-state index in [4.69, 9.17) is 17.3 Å². The van der Waals surface area contributed by atoms with Crippen LogP contribution in [0.25, 0.3) is 0 Å². The van der Waals surface area contributed by atoms with Gasteiger partial charge in [0.05, 0.1) is 12.2 Å². The highest BCUT2D eigenvalue weighted by atomic mass is 15.2. The topological polar surface area (TPSA) is 115 Å². The van der Waals surface area contributed by atoms with Crippen molar-refractivity contribution in [1.82, 2.24) is 0 Å². The molecule has 0 aromatic carbocycles. The third-order valence-corrected chi connectivity index (χ3v) is 0.874. The van der Waals surface area contributed by atoms with Crippen molar-refractivity contribution < 1.29 is 0 Å². The van der Waals surface area contributed by atoms with Crippen LogP contribution in [0.3, 0.4) is 0 Å². The van der Waals surface area contributed by atoms with Crippen molar-refractivity contribution in [3.05, 3.63) is 12.3 Å². The second-order valence-electron chi connectivity index (χ2n) is 1.72. The quantitative estimate of drug-likeness (QED) is 0.162. The Morgan fingerprint density at radius 3 is 2.18 bits per heavy atom. The predicted octanol–water partition coefficient (Wildman–Crippen LogP) is -0.858. The van der Waals surface area contributed by atoms with Crippen LogP contribution in [-0.4, -0.2) is 18.9 Å². The van der Waals surface area contributed by atoms with Gasteiger partial charge in [0.15, 0.2) is 5.84 Å². The fourth-order valence-corrected chi connectivity index (χ4v) is 0.289. The maximum Gasteiger partial charge on any atom is 0.183 e. The van der Waals surface area contributed by atoms with Crippen LogP contribution in [0, 0.1) is 0 Å². The third-order valence-electron chi connectivity index (χ3n) is 0.874. The largest absolute Gasteiger partial charge is 0.325 e. The molecule has 0 unspecified atom stereocenters. The number of amidine groups is 1. The molecule has 0 aliphatic carbocycles. The Hall–Kier alpha value is -1.27. The minimum absolute atomic E-state index is 0.151. The number of hydrogen-bond acceptors (Lipinski definition) is 5. The van der Waals surface area contributed by atoms with Gasteiger partial charge in [0.2, 0.25) is 0 Å². The summed E-state index contributed by atoms with van der Waals surface area (Å²) in [5, 5.41) is 10.4. The highest BCUT2D eigenvalue weighted by molar-refractivity contribution is 5.83. The lowest BCUT2D eigenvalue weighted by molar-refractivity contribution is 1.03. The summed E-state index contributed by atoms with van der Waals surface area (Å²) in [5.74, 6) is 5.17. The summed E-state index contributed by atoms with van der Waals surface area (Å²) >= 11 is 0. The molecule has 0 bridgehead atoms. The Balaban J connectivity index is 4.00. The summed E-state index contributed by atoms with van der Waals surface area (Å²) in [5.41, 5.74) is 10.8. The van der Waals surface area contributed by atoms with E-state index in [1.54, 1.807) is 0 Å². The van der Waals surface area contributed by atoms with E-state index in [1.165, 1.54) is 0 Å². The Morgan fingerprint density at radius 1 is 1.18 bits per heavy atom. The highest BCUT2D eigenvalue weighted by Gasteiger charge is 1.90.